The number of carbonyl (C=O) groups excluding carboxylic acids is 1. The molecule has 0 radical (unpaired) electrons. The van der Waals surface area contributed by atoms with Crippen molar-refractivity contribution in [3.05, 3.63) is 47.1 Å². The van der Waals surface area contributed by atoms with Gasteiger partial charge in [0, 0.05) is 16.5 Å². The summed E-state index contributed by atoms with van der Waals surface area (Å²) in [4.78, 5) is 18.3. The van der Waals surface area contributed by atoms with Gasteiger partial charge in [0.2, 0.25) is 0 Å². The van der Waals surface area contributed by atoms with Crippen LogP contribution in [0.2, 0.25) is 0 Å². The molecule has 0 spiro atoms. The van der Waals surface area contributed by atoms with Gasteiger partial charge in [-0.2, -0.15) is 0 Å². The fourth-order valence-electron chi connectivity index (χ4n) is 1.84. The van der Waals surface area contributed by atoms with Gasteiger partial charge in [0.15, 0.2) is 10.7 Å². The molecule has 0 unspecified atom stereocenters. The highest BCUT2D eigenvalue weighted by Gasteiger charge is 2.21. The van der Waals surface area contributed by atoms with E-state index in [1.54, 1.807) is 4.40 Å². The van der Waals surface area contributed by atoms with E-state index in [9.17, 15) is 4.79 Å². The summed E-state index contributed by atoms with van der Waals surface area (Å²) in [6, 6.07) is 8.13. The molecule has 0 fully saturated rings. The lowest BCUT2D eigenvalue weighted by Crippen LogP contribution is -2.05. The van der Waals surface area contributed by atoms with E-state index in [1.807, 2.05) is 42.8 Å². The number of thiazole rings is 1. The van der Waals surface area contributed by atoms with Crippen molar-refractivity contribution in [3.63, 3.8) is 0 Å². The van der Waals surface area contributed by atoms with Crippen molar-refractivity contribution >= 4 is 34.0 Å². The van der Waals surface area contributed by atoms with E-state index in [-0.39, 0.29) is 5.97 Å². The molecule has 0 aliphatic rings. The summed E-state index contributed by atoms with van der Waals surface area (Å²) in [6.45, 7) is 2.04. The maximum absolute atomic E-state index is 12.0. The van der Waals surface area contributed by atoms with Crippen molar-refractivity contribution in [1.29, 1.82) is 0 Å². The number of imidazole rings is 1. The van der Waals surface area contributed by atoms with Crippen molar-refractivity contribution in [2.45, 2.75) is 16.8 Å². The average Bonchev–Trinajstić information content (AvgIpc) is 3.01. The van der Waals surface area contributed by atoms with E-state index in [0.717, 1.165) is 9.86 Å². The Kier molecular flexibility index (Phi) is 3.50. The number of ether oxygens (including phenoxy) is 1. The lowest BCUT2D eigenvalue weighted by atomic mass is 10.2. The minimum atomic E-state index is -0.370. The van der Waals surface area contributed by atoms with Gasteiger partial charge < -0.3 is 4.74 Å². The second-order valence-corrected chi connectivity index (χ2v) is 6.16. The summed E-state index contributed by atoms with van der Waals surface area (Å²) in [6.07, 6.45) is 1.83. The van der Waals surface area contributed by atoms with Crippen molar-refractivity contribution in [2.75, 3.05) is 7.11 Å². The van der Waals surface area contributed by atoms with Gasteiger partial charge in [-0.05, 0) is 19.1 Å². The summed E-state index contributed by atoms with van der Waals surface area (Å²) >= 11 is 2.96. The molecular formula is C14H12N2O2S2. The van der Waals surface area contributed by atoms with Crippen molar-refractivity contribution in [2.24, 2.45) is 0 Å². The van der Waals surface area contributed by atoms with Crippen LogP contribution in [0.1, 0.15) is 16.1 Å². The van der Waals surface area contributed by atoms with Crippen molar-refractivity contribution < 1.29 is 9.53 Å². The molecular weight excluding hydrogens is 292 g/mol. The van der Waals surface area contributed by atoms with E-state index < -0.39 is 0 Å². The van der Waals surface area contributed by atoms with Crippen molar-refractivity contribution in [1.82, 2.24) is 9.38 Å². The number of nitrogens with zero attached hydrogens (tertiary/aromatic N) is 2. The zero-order valence-corrected chi connectivity index (χ0v) is 12.6. The first-order valence-electron chi connectivity index (χ1n) is 5.97. The number of rotatable bonds is 3. The monoisotopic (exact) mass is 304 g/mol. The number of aromatic nitrogens is 2. The number of benzene rings is 1. The van der Waals surface area contributed by atoms with E-state index in [2.05, 4.69) is 4.98 Å². The maximum Gasteiger partial charge on any atom is 0.357 e. The number of esters is 1. The quantitative estimate of drug-likeness (QED) is 0.693. The Bertz CT molecular complexity index is 759. The number of aryl methyl sites for hydroxylation is 1. The molecule has 0 saturated carbocycles. The van der Waals surface area contributed by atoms with Crippen LogP contribution in [0.4, 0.5) is 0 Å². The number of carbonyl (C=O) groups is 1. The Morgan fingerprint density at radius 3 is 2.80 bits per heavy atom. The van der Waals surface area contributed by atoms with Crippen LogP contribution in [0.25, 0.3) is 4.96 Å². The Morgan fingerprint density at radius 1 is 1.35 bits per heavy atom. The Labute approximate surface area is 124 Å². The highest BCUT2D eigenvalue weighted by Crippen LogP contribution is 2.32. The van der Waals surface area contributed by atoms with E-state index in [1.165, 1.54) is 35.8 Å². The number of fused-ring (bicyclic) bond motifs is 1. The lowest BCUT2D eigenvalue weighted by molar-refractivity contribution is 0.0588. The normalized spacial score (nSPS) is 10.9. The number of hydrogen-bond donors (Lipinski definition) is 0. The van der Waals surface area contributed by atoms with Gasteiger partial charge in [-0.15, -0.1) is 11.3 Å². The third kappa shape index (κ3) is 2.32. The molecule has 0 aliphatic heterocycles. The van der Waals surface area contributed by atoms with Crippen LogP contribution < -0.4 is 0 Å². The molecule has 2 heterocycles. The minimum absolute atomic E-state index is 0.370. The molecule has 4 nitrogen and oxygen atoms in total. The topological polar surface area (TPSA) is 43.6 Å². The third-order valence-corrected chi connectivity index (χ3v) is 4.59. The SMILES string of the molecule is COC(=O)c1c(Sc2ccc(C)cc2)nc2sccn12. The van der Waals surface area contributed by atoms with Crippen LogP contribution in [0.3, 0.4) is 0 Å². The standard InChI is InChI=1S/C14H12N2O2S2/c1-9-3-5-10(6-4-9)20-12-11(13(17)18-2)16-7-8-19-14(16)15-12/h3-8H,1-2H3. The van der Waals surface area contributed by atoms with E-state index in [4.69, 9.17) is 4.74 Å². The summed E-state index contributed by atoms with van der Waals surface area (Å²) in [7, 11) is 1.38. The first-order valence-corrected chi connectivity index (χ1v) is 7.67. The van der Waals surface area contributed by atoms with Gasteiger partial charge in [0.25, 0.3) is 0 Å². The zero-order chi connectivity index (χ0) is 14.1. The molecule has 2 aromatic heterocycles. The van der Waals surface area contributed by atoms with Crippen molar-refractivity contribution in [3.8, 4) is 0 Å². The Balaban J connectivity index is 2.04. The predicted octanol–water partition coefficient (Wildman–Crippen LogP) is 3.64. The molecule has 102 valence electrons. The van der Waals surface area contributed by atoms with Gasteiger partial charge in [0.05, 0.1) is 7.11 Å². The van der Waals surface area contributed by atoms with Crippen LogP contribution in [0, 0.1) is 6.92 Å². The molecule has 1 aromatic carbocycles. The fraction of sp³-hybridized carbons (Fsp3) is 0.143. The van der Waals surface area contributed by atoms with Crippen LogP contribution in [0.5, 0.6) is 0 Å². The highest BCUT2D eigenvalue weighted by atomic mass is 32.2. The second kappa shape index (κ2) is 5.30. The fourth-order valence-corrected chi connectivity index (χ4v) is 3.52. The second-order valence-electron chi connectivity index (χ2n) is 4.23. The summed E-state index contributed by atoms with van der Waals surface area (Å²) < 4.78 is 6.63. The zero-order valence-electron chi connectivity index (χ0n) is 11.0. The molecule has 0 atom stereocenters. The first kappa shape index (κ1) is 13.2. The molecule has 3 aromatic rings. The summed E-state index contributed by atoms with van der Waals surface area (Å²) in [5.74, 6) is -0.370. The molecule has 20 heavy (non-hydrogen) atoms. The van der Waals surface area contributed by atoms with Crippen LogP contribution in [-0.2, 0) is 4.74 Å². The predicted molar refractivity (Wildman–Crippen MR) is 79.7 cm³/mol. The number of methoxy groups -OCH3 is 1. The molecule has 0 aliphatic carbocycles. The Hall–Kier alpha value is -1.79. The largest absolute Gasteiger partial charge is 0.464 e. The van der Waals surface area contributed by atoms with Gasteiger partial charge in [-0.3, -0.25) is 4.40 Å². The smallest absolute Gasteiger partial charge is 0.357 e. The summed E-state index contributed by atoms with van der Waals surface area (Å²) in [5, 5.41) is 2.57. The summed E-state index contributed by atoms with van der Waals surface area (Å²) in [5.41, 5.74) is 1.68. The minimum Gasteiger partial charge on any atom is -0.464 e. The molecule has 3 rings (SSSR count). The maximum atomic E-state index is 12.0. The molecule has 0 bridgehead atoms. The Morgan fingerprint density at radius 2 is 2.10 bits per heavy atom. The molecule has 0 N–H and O–H groups in total. The van der Waals surface area contributed by atoms with Gasteiger partial charge in [-0.25, -0.2) is 9.78 Å². The molecule has 6 heteroatoms. The van der Waals surface area contributed by atoms with Gasteiger partial charge in [0.1, 0.15) is 5.03 Å². The lowest BCUT2D eigenvalue weighted by Gasteiger charge is -2.02. The van der Waals surface area contributed by atoms with Gasteiger partial charge in [-0.1, -0.05) is 29.5 Å². The molecule has 0 amide bonds. The average molecular weight is 304 g/mol. The van der Waals surface area contributed by atoms with E-state index in [0.29, 0.717) is 10.7 Å². The van der Waals surface area contributed by atoms with Crippen LogP contribution >= 0.6 is 23.1 Å². The number of hydrogen-bond acceptors (Lipinski definition) is 5. The van der Waals surface area contributed by atoms with Crippen LogP contribution in [-0.4, -0.2) is 22.5 Å². The van der Waals surface area contributed by atoms with Gasteiger partial charge >= 0.3 is 5.97 Å². The third-order valence-electron chi connectivity index (χ3n) is 2.84. The van der Waals surface area contributed by atoms with Crippen LogP contribution in [0.15, 0.2) is 45.8 Å². The first-order chi connectivity index (χ1) is 9.69. The molecule has 0 saturated heterocycles. The highest BCUT2D eigenvalue weighted by molar-refractivity contribution is 7.99. The van der Waals surface area contributed by atoms with E-state index >= 15 is 0 Å².